The minimum Gasteiger partial charge on any atom is -0.301 e. The molecule has 72 valence electrons. The average molecular weight is 188 g/mol. The van der Waals surface area contributed by atoms with Crippen molar-refractivity contribution in [3.8, 4) is 0 Å². The van der Waals surface area contributed by atoms with Crippen molar-refractivity contribution in [1.82, 2.24) is 21.3 Å². The third kappa shape index (κ3) is 3.18. The summed E-state index contributed by atoms with van der Waals surface area (Å²) in [7, 11) is 0. The Morgan fingerprint density at radius 1 is 0.615 bits per heavy atom. The van der Waals surface area contributed by atoms with Gasteiger partial charge in [0.25, 0.3) is 5.91 Å². The summed E-state index contributed by atoms with van der Waals surface area (Å²) < 4.78 is 0. The summed E-state index contributed by atoms with van der Waals surface area (Å²) in [5, 5.41) is 7.96. The van der Waals surface area contributed by atoms with E-state index in [1.807, 2.05) is 21.3 Å². The number of hydrogen-bond donors (Lipinski definition) is 4. The van der Waals surface area contributed by atoms with Crippen LogP contribution in [0.3, 0.4) is 0 Å². The van der Waals surface area contributed by atoms with Gasteiger partial charge in [-0.2, -0.15) is 0 Å². The lowest BCUT2D eigenvalue weighted by Crippen LogP contribution is -2.73. The van der Waals surface area contributed by atoms with E-state index in [4.69, 9.17) is 0 Å². The number of rotatable bonds is 8. The van der Waals surface area contributed by atoms with Crippen LogP contribution in [0.5, 0.6) is 0 Å². The molecule has 0 aromatic heterocycles. The number of hydrogen-bond acceptors (Lipinski definition) is 4. The second-order valence-electron chi connectivity index (χ2n) is 1.80. The highest BCUT2D eigenvalue weighted by Gasteiger charge is 2.26. The molecule has 0 rings (SSSR count). The SMILES string of the molecule is O=CNC(NC=O)(NC=O)NC=O. The first kappa shape index (κ1) is 10.9. The van der Waals surface area contributed by atoms with E-state index in [1.54, 1.807) is 0 Å². The van der Waals surface area contributed by atoms with Crippen molar-refractivity contribution in [3.63, 3.8) is 0 Å². The molecule has 0 saturated heterocycles. The topological polar surface area (TPSA) is 116 Å². The van der Waals surface area contributed by atoms with Gasteiger partial charge in [0.05, 0.1) is 0 Å². The maximum Gasteiger partial charge on any atom is 0.275 e. The lowest BCUT2D eigenvalue weighted by Gasteiger charge is -2.30. The Labute approximate surface area is 73.0 Å². The van der Waals surface area contributed by atoms with Crippen LogP contribution in [-0.2, 0) is 19.2 Å². The molecule has 0 aromatic rings. The Morgan fingerprint density at radius 3 is 1.00 bits per heavy atom. The van der Waals surface area contributed by atoms with Crippen LogP contribution >= 0.6 is 0 Å². The molecule has 0 aliphatic carbocycles. The maximum atomic E-state index is 10.1. The standard InChI is InChI=1S/C5H8N4O4/c10-1-6-5(7-2-11,8-3-12)9-4-13/h1-4H,(H,6,10)(H,7,11)(H,8,12)(H,9,13). The zero-order valence-corrected chi connectivity index (χ0v) is 6.44. The monoisotopic (exact) mass is 188 g/mol. The first-order valence-electron chi connectivity index (χ1n) is 3.10. The fourth-order valence-electron chi connectivity index (χ4n) is 0.604. The second kappa shape index (κ2) is 5.52. The van der Waals surface area contributed by atoms with Gasteiger partial charge in [-0.25, -0.2) is 0 Å². The molecule has 0 spiro atoms. The smallest absolute Gasteiger partial charge is 0.275 e. The predicted molar refractivity (Wildman–Crippen MR) is 39.5 cm³/mol. The lowest BCUT2D eigenvalue weighted by molar-refractivity contribution is -0.122. The Hall–Kier alpha value is -2.12. The Morgan fingerprint density at radius 2 is 0.846 bits per heavy atom. The molecule has 0 atom stereocenters. The van der Waals surface area contributed by atoms with Crippen LogP contribution in [0.2, 0.25) is 0 Å². The zero-order valence-electron chi connectivity index (χ0n) is 6.44. The van der Waals surface area contributed by atoms with E-state index < -0.39 is 5.91 Å². The van der Waals surface area contributed by atoms with Crippen LogP contribution in [0.25, 0.3) is 0 Å². The van der Waals surface area contributed by atoms with E-state index in [9.17, 15) is 19.2 Å². The van der Waals surface area contributed by atoms with Gasteiger partial charge in [0.2, 0.25) is 25.6 Å². The van der Waals surface area contributed by atoms with Crippen molar-refractivity contribution in [3.05, 3.63) is 0 Å². The van der Waals surface area contributed by atoms with Crippen molar-refractivity contribution < 1.29 is 19.2 Å². The normalized spacial score (nSPS) is 9.23. The van der Waals surface area contributed by atoms with Gasteiger partial charge in [-0.05, 0) is 0 Å². The largest absolute Gasteiger partial charge is 0.301 e. The third-order valence-electron chi connectivity index (χ3n) is 1.10. The molecule has 0 bridgehead atoms. The van der Waals surface area contributed by atoms with Crippen molar-refractivity contribution in [2.75, 3.05) is 0 Å². The Kier molecular flexibility index (Phi) is 4.62. The number of carbonyl (C=O) groups excluding carboxylic acids is 4. The molecule has 0 radical (unpaired) electrons. The average Bonchev–Trinajstić information content (AvgIpc) is 2.06. The van der Waals surface area contributed by atoms with Crippen LogP contribution in [0.15, 0.2) is 0 Å². The molecular formula is C5H8N4O4. The van der Waals surface area contributed by atoms with Crippen LogP contribution in [0.1, 0.15) is 0 Å². The molecule has 0 saturated carbocycles. The number of amides is 4. The first-order valence-corrected chi connectivity index (χ1v) is 3.10. The van der Waals surface area contributed by atoms with Crippen molar-refractivity contribution in [1.29, 1.82) is 0 Å². The summed E-state index contributed by atoms with van der Waals surface area (Å²) in [6.45, 7) is 0. The summed E-state index contributed by atoms with van der Waals surface area (Å²) in [5.74, 6) is -1.77. The van der Waals surface area contributed by atoms with Crippen molar-refractivity contribution in [2.24, 2.45) is 0 Å². The summed E-state index contributed by atoms with van der Waals surface area (Å²) in [6.07, 6.45) is 0.792. The number of carbonyl (C=O) groups is 4. The molecule has 4 N–H and O–H groups in total. The quantitative estimate of drug-likeness (QED) is 0.234. The molecule has 0 heterocycles. The summed E-state index contributed by atoms with van der Waals surface area (Å²) in [5.41, 5.74) is 0. The van der Waals surface area contributed by atoms with E-state index in [-0.39, 0.29) is 25.6 Å². The molecular weight excluding hydrogens is 180 g/mol. The highest BCUT2D eigenvalue weighted by molar-refractivity contribution is 5.60. The number of nitrogens with one attached hydrogen (secondary N) is 4. The minimum absolute atomic E-state index is 0.198. The summed E-state index contributed by atoms with van der Waals surface area (Å²) in [4.78, 5) is 40.3. The maximum absolute atomic E-state index is 10.1. The predicted octanol–water partition coefficient (Wildman–Crippen LogP) is -3.42. The van der Waals surface area contributed by atoms with Crippen LogP contribution < -0.4 is 21.3 Å². The molecule has 0 fully saturated rings. The van der Waals surface area contributed by atoms with E-state index in [0.717, 1.165) is 0 Å². The van der Waals surface area contributed by atoms with Gasteiger partial charge in [-0.3, -0.25) is 19.2 Å². The molecule has 0 aliphatic heterocycles. The van der Waals surface area contributed by atoms with Gasteiger partial charge in [-0.1, -0.05) is 0 Å². The van der Waals surface area contributed by atoms with Gasteiger partial charge in [0.15, 0.2) is 0 Å². The molecule has 8 nitrogen and oxygen atoms in total. The van der Waals surface area contributed by atoms with E-state index in [1.165, 1.54) is 0 Å². The molecule has 0 unspecified atom stereocenters. The van der Waals surface area contributed by atoms with Crippen molar-refractivity contribution >= 4 is 25.6 Å². The molecule has 4 amide bonds. The lowest BCUT2D eigenvalue weighted by atomic mass is 10.5. The van der Waals surface area contributed by atoms with Crippen LogP contribution in [-0.4, -0.2) is 31.6 Å². The minimum atomic E-state index is -1.77. The Balaban J connectivity index is 4.53. The van der Waals surface area contributed by atoms with E-state index in [2.05, 4.69) is 0 Å². The van der Waals surface area contributed by atoms with Gasteiger partial charge in [0.1, 0.15) is 0 Å². The fraction of sp³-hybridized carbons (Fsp3) is 0.200. The van der Waals surface area contributed by atoms with Crippen molar-refractivity contribution in [2.45, 2.75) is 5.91 Å². The summed E-state index contributed by atoms with van der Waals surface area (Å²) >= 11 is 0. The van der Waals surface area contributed by atoms with Crippen LogP contribution in [0.4, 0.5) is 0 Å². The van der Waals surface area contributed by atoms with E-state index >= 15 is 0 Å². The zero-order chi connectivity index (χ0) is 10.2. The summed E-state index contributed by atoms with van der Waals surface area (Å²) in [6, 6.07) is 0. The van der Waals surface area contributed by atoms with Gasteiger partial charge >= 0.3 is 0 Å². The first-order chi connectivity index (χ1) is 6.24. The molecule has 8 heteroatoms. The molecule has 13 heavy (non-hydrogen) atoms. The third-order valence-corrected chi connectivity index (χ3v) is 1.10. The second-order valence-corrected chi connectivity index (χ2v) is 1.80. The van der Waals surface area contributed by atoms with Gasteiger partial charge in [-0.15, -0.1) is 0 Å². The van der Waals surface area contributed by atoms with Gasteiger partial charge < -0.3 is 21.3 Å². The van der Waals surface area contributed by atoms with E-state index in [0.29, 0.717) is 0 Å². The molecule has 0 aromatic carbocycles. The van der Waals surface area contributed by atoms with Crippen LogP contribution in [0, 0.1) is 0 Å². The molecule has 0 aliphatic rings. The highest BCUT2D eigenvalue weighted by atomic mass is 16.2. The Bertz CT molecular complexity index is 161. The van der Waals surface area contributed by atoms with Gasteiger partial charge in [0, 0.05) is 0 Å². The fourth-order valence-corrected chi connectivity index (χ4v) is 0.604. The highest BCUT2D eigenvalue weighted by Crippen LogP contribution is 1.82.